The van der Waals surface area contributed by atoms with E-state index in [1.54, 1.807) is 32.9 Å². The van der Waals surface area contributed by atoms with Gasteiger partial charge in [0.15, 0.2) is 0 Å². The summed E-state index contributed by atoms with van der Waals surface area (Å²) in [6, 6.07) is 3.77. The van der Waals surface area contributed by atoms with E-state index >= 15 is 0 Å². The molecule has 4 amide bonds. The van der Waals surface area contributed by atoms with Crippen LogP contribution >= 0.6 is 0 Å². The summed E-state index contributed by atoms with van der Waals surface area (Å²) in [5.74, 6) is -2.72. The predicted molar refractivity (Wildman–Crippen MR) is 108 cm³/mol. The van der Waals surface area contributed by atoms with Crippen LogP contribution in [-0.2, 0) is 23.9 Å². The molecule has 10 heteroatoms. The normalized spacial score (nSPS) is 18.7. The van der Waals surface area contributed by atoms with Gasteiger partial charge in [-0.25, -0.2) is 4.79 Å². The maximum atomic E-state index is 13.0. The minimum absolute atomic E-state index is 0.0594. The summed E-state index contributed by atoms with van der Waals surface area (Å²) < 4.78 is 10.4. The van der Waals surface area contributed by atoms with Gasteiger partial charge >= 0.3 is 5.97 Å². The molecule has 3 rings (SSSR count). The van der Waals surface area contributed by atoms with Crippen molar-refractivity contribution in [3.8, 4) is 0 Å². The zero-order chi connectivity index (χ0) is 22.8. The molecule has 2 aliphatic rings. The van der Waals surface area contributed by atoms with E-state index < -0.39 is 41.2 Å². The molecule has 2 heterocycles. The second-order valence-corrected chi connectivity index (χ2v) is 8.24. The van der Waals surface area contributed by atoms with Gasteiger partial charge < -0.3 is 14.8 Å². The van der Waals surface area contributed by atoms with Crippen LogP contribution in [0.3, 0.4) is 0 Å². The van der Waals surface area contributed by atoms with E-state index in [9.17, 15) is 24.0 Å². The van der Waals surface area contributed by atoms with Gasteiger partial charge in [-0.05, 0) is 39.3 Å². The summed E-state index contributed by atoms with van der Waals surface area (Å²) >= 11 is 0. The number of nitrogens with one attached hydrogen (secondary N) is 2. The molecule has 0 radical (unpaired) electrons. The Balaban J connectivity index is 1.61. The number of amides is 4. The Morgan fingerprint density at radius 3 is 2.61 bits per heavy atom. The van der Waals surface area contributed by atoms with Crippen molar-refractivity contribution in [2.75, 3.05) is 25.1 Å². The third-order valence-electron chi connectivity index (χ3n) is 4.67. The highest BCUT2D eigenvalue weighted by molar-refractivity contribution is 6.25. The zero-order valence-electron chi connectivity index (χ0n) is 17.6. The van der Waals surface area contributed by atoms with Crippen molar-refractivity contribution in [3.05, 3.63) is 29.3 Å². The van der Waals surface area contributed by atoms with Crippen LogP contribution in [0.4, 0.5) is 5.69 Å². The average molecular weight is 431 g/mol. The number of rotatable bonds is 7. The number of hydrogen-bond acceptors (Lipinski definition) is 8. The molecule has 1 aromatic carbocycles. The molecule has 0 spiro atoms. The number of nitrogens with zero attached hydrogens (tertiary/aromatic N) is 1. The third-order valence-corrected chi connectivity index (χ3v) is 4.67. The Labute approximate surface area is 179 Å². The molecule has 31 heavy (non-hydrogen) atoms. The van der Waals surface area contributed by atoms with Gasteiger partial charge in [0, 0.05) is 18.7 Å². The van der Waals surface area contributed by atoms with Crippen molar-refractivity contribution in [1.29, 1.82) is 0 Å². The number of ether oxygens (including phenoxy) is 2. The number of carbonyl (C=O) groups is 5. The van der Waals surface area contributed by atoms with Crippen LogP contribution in [0.5, 0.6) is 0 Å². The Hall–Kier alpha value is -3.27. The van der Waals surface area contributed by atoms with Crippen LogP contribution < -0.4 is 10.6 Å². The highest BCUT2D eigenvalue weighted by Crippen LogP contribution is 2.32. The second kappa shape index (κ2) is 8.84. The third kappa shape index (κ3) is 5.08. The molecule has 1 aromatic rings. The van der Waals surface area contributed by atoms with Crippen molar-refractivity contribution in [2.45, 2.75) is 45.3 Å². The maximum Gasteiger partial charge on any atom is 0.332 e. The number of hydrogen-bond donors (Lipinski definition) is 2. The molecule has 1 atom stereocenters. The quantitative estimate of drug-likeness (QED) is 0.369. The number of carbonyl (C=O) groups excluding carboxylic acids is 5. The van der Waals surface area contributed by atoms with Gasteiger partial charge in [0.05, 0.1) is 17.7 Å². The van der Waals surface area contributed by atoms with Crippen LogP contribution in [0.1, 0.15) is 54.3 Å². The van der Waals surface area contributed by atoms with Crippen molar-refractivity contribution >= 4 is 35.3 Å². The van der Waals surface area contributed by atoms with Gasteiger partial charge in [-0.2, -0.15) is 0 Å². The van der Waals surface area contributed by atoms with Gasteiger partial charge in [-0.1, -0.05) is 6.07 Å². The van der Waals surface area contributed by atoms with Crippen molar-refractivity contribution in [1.82, 2.24) is 10.2 Å². The molecule has 1 saturated heterocycles. The van der Waals surface area contributed by atoms with E-state index in [4.69, 9.17) is 9.47 Å². The average Bonchev–Trinajstić information content (AvgIpc) is 2.92. The first-order chi connectivity index (χ1) is 14.6. The lowest BCUT2D eigenvalue weighted by molar-refractivity contribution is -0.160. The molecule has 1 fully saturated rings. The summed E-state index contributed by atoms with van der Waals surface area (Å²) in [6.07, 6.45) is 0.154. The first-order valence-corrected chi connectivity index (χ1v) is 9.96. The van der Waals surface area contributed by atoms with Crippen molar-refractivity contribution in [2.24, 2.45) is 0 Å². The smallest absolute Gasteiger partial charge is 0.332 e. The van der Waals surface area contributed by atoms with Gasteiger partial charge in [-0.15, -0.1) is 0 Å². The standard InChI is InChI=1S/C21H25N3O7/c1-21(2,3)31-16(26)11-30-10-9-22-13-6-4-5-12-17(13)20(29)24(19(12)28)14-7-8-15(25)23-18(14)27/h4-6,14,22H,7-11H2,1-3H3,(H,23,25,27). The Bertz CT molecular complexity index is 935. The Morgan fingerprint density at radius 1 is 1.19 bits per heavy atom. The first-order valence-electron chi connectivity index (χ1n) is 9.96. The monoisotopic (exact) mass is 431 g/mol. The molecule has 166 valence electrons. The lowest BCUT2D eigenvalue weighted by Gasteiger charge is -2.27. The number of esters is 1. The molecular weight excluding hydrogens is 406 g/mol. The fourth-order valence-corrected chi connectivity index (χ4v) is 3.45. The lowest BCUT2D eigenvalue weighted by Crippen LogP contribution is -2.54. The fraction of sp³-hybridized carbons (Fsp3) is 0.476. The minimum atomic E-state index is -1.02. The summed E-state index contributed by atoms with van der Waals surface area (Å²) in [7, 11) is 0. The van der Waals surface area contributed by atoms with E-state index in [0.29, 0.717) is 5.69 Å². The minimum Gasteiger partial charge on any atom is -0.458 e. The summed E-state index contributed by atoms with van der Waals surface area (Å²) in [5, 5.41) is 5.19. The highest BCUT2D eigenvalue weighted by Gasteiger charge is 2.45. The Kier molecular flexibility index (Phi) is 6.40. The van der Waals surface area contributed by atoms with Gasteiger partial charge in [0.2, 0.25) is 11.8 Å². The summed E-state index contributed by atoms with van der Waals surface area (Å²) in [4.78, 5) is 61.9. The molecule has 0 bridgehead atoms. The van der Waals surface area contributed by atoms with Crippen LogP contribution in [0.2, 0.25) is 0 Å². The molecule has 0 aliphatic carbocycles. The SMILES string of the molecule is CC(C)(C)OC(=O)COCCNc1cccc2c1C(=O)N(C1CCC(=O)NC1=O)C2=O. The molecule has 2 aliphatic heterocycles. The number of piperidine rings is 1. The van der Waals surface area contributed by atoms with E-state index in [1.165, 1.54) is 6.07 Å². The Morgan fingerprint density at radius 2 is 1.94 bits per heavy atom. The van der Waals surface area contributed by atoms with Crippen molar-refractivity contribution < 1.29 is 33.4 Å². The van der Waals surface area contributed by atoms with Crippen LogP contribution in [-0.4, -0.2) is 65.9 Å². The van der Waals surface area contributed by atoms with Gasteiger partial charge in [-0.3, -0.25) is 29.4 Å². The highest BCUT2D eigenvalue weighted by atomic mass is 16.6. The number of fused-ring (bicyclic) bond motifs is 1. The molecular formula is C21H25N3O7. The van der Waals surface area contributed by atoms with Gasteiger partial charge in [0.1, 0.15) is 18.2 Å². The molecule has 2 N–H and O–H groups in total. The molecule has 0 saturated carbocycles. The summed E-state index contributed by atoms with van der Waals surface area (Å²) in [5.41, 5.74) is 0.190. The van der Waals surface area contributed by atoms with E-state index in [0.717, 1.165) is 4.90 Å². The van der Waals surface area contributed by atoms with Crippen LogP contribution in [0.25, 0.3) is 0 Å². The summed E-state index contributed by atoms with van der Waals surface area (Å²) in [6.45, 7) is 5.53. The number of benzene rings is 1. The van der Waals surface area contributed by atoms with Crippen LogP contribution in [0.15, 0.2) is 18.2 Å². The predicted octanol–water partition coefficient (Wildman–Crippen LogP) is 0.858. The van der Waals surface area contributed by atoms with E-state index in [-0.39, 0.29) is 43.7 Å². The maximum absolute atomic E-state index is 13.0. The molecule has 1 unspecified atom stereocenters. The first kappa shape index (κ1) is 22.4. The molecule has 0 aromatic heterocycles. The molecule has 10 nitrogen and oxygen atoms in total. The largest absolute Gasteiger partial charge is 0.458 e. The van der Waals surface area contributed by atoms with Gasteiger partial charge in [0.25, 0.3) is 11.8 Å². The second-order valence-electron chi connectivity index (χ2n) is 8.24. The zero-order valence-corrected chi connectivity index (χ0v) is 17.6. The lowest BCUT2D eigenvalue weighted by atomic mass is 10.0. The van der Waals surface area contributed by atoms with E-state index in [2.05, 4.69) is 10.6 Å². The number of anilines is 1. The van der Waals surface area contributed by atoms with E-state index in [1.807, 2.05) is 0 Å². The van der Waals surface area contributed by atoms with Crippen LogP contribution in [0, 0.1) is 0 Å². The fourth-order valence-electron chi connectivity index (χ4n) is 3.45. The van der Waals surface area contributed by atoms with Crippen molar-refractivity contribution in [3.63, 3.8) is 0 Å². The number of imide groups is 2. The topological polar surface area (TPSA) is 131 Å².